The van der Waals surface area contributed by atoms with Crippen molar-refractivity contribution in [1.82, 2.24) is 14.8 Å². The lowest BCUT2D eigenvalue weighted by Gasteiger charge is -2.02. The van der Waals surface area contributed by atoms with Gasteiger partial charge in [-0.2, -0.15) is 5.10 Å². The minimum atomic E-state index is -0.354. The first-order valence-corrected chi connectivity index (χ1v) is 8.60. The summed E-state index contributed by atoms with van der Waals surface area (Å²) in [5.41, 5.74) is 1.83. The van der Waals surface area contributed by atoms with E-state index < -0.39 is 0 Å². The Kier molecular flexibility index (Phi) is 5.62. The Morgan fingerprint density at radius 2 is 2.24 bits per heavy atom. The van der Waals surface area contributed by atoms with Gasteiger partial charge in [-0.1, -0.05) is 6.07 Å². The van der Waals surface area contributed by atoms with Gasteiger partial charge < -0.3 is 14.5 Å². The van der Waals surface area contributed by atoms with Crippen LogP contribution in [0.3, 0.4) is 0 Å². The number of carbonyl (C=O) groups is 1. The van der Waals surface area contributed by atoms with Crippen LogP contribution in [0.5, 0.6) is 0 Å². The van der Waals surface area contributed by atoms with Crippen LogP contribution in [-0.2, 0) is 11.3 Å². The molecule has 1 N–H and O–H groups in total. The van der Waals surface area contributed by atoms with E-state index in [2.05, 4.69) is 31.3 Å². The highest BCUT2D eigenvalue weighted by molar-refractivity contribution is 9.10. The molecule has 0 radical (unpaired) electrons. The zero-order valence-corrected chi connectivity index (χ0v) is 15.2. The van der Waals surface area contributed by atoms with Gasteiger partial charge in [0.2, 0.25) is 0 Å². The van der Waals surface area contributed by atoms with Gasteiger partial charge in [0.15, 0.2) is 10.4 Å². The number of furan rings is 1. The van der Waals surface area contributed by atoms with Crippen molar-refractivity contribution in [2.45, 2.75) is 13.5 Å². The third-order valence-corrected chi connectivity index (χ3v) is 3.81. The fourth-order valence-corrected chi connectivity index (χ4v) is 2.55. The lowest BCUT2D eigenvalue weighted by atomic mass is 10.2. The quantitative estimate of drug-likeness (QED) is 0.608. The zero-order valence-electron chi connectivity index (χ0n) is 13.6. The molecular formula is C17H17BrN4O3. The molecule has 3 rings (SSSR count). The minimum Gasteiger partial charge on any atom is -0.444 e. The number of nitrogens with zero attached hydrogens (tertiary/aromatic N) is 3. The van der Waals surface area contributed by atoms with Crippen LogP contribution < -0.4 is 5.32 Å². The van der Waals surface area contributed by atoms with Gasteiger partial charge in [-0.25, -0.2) is 0 Å². The topological polar surface area (TPSA) is 82.2 Å². The third kappa shape index (κ3) is 4.34. The first kappa shape index (κ1) is 17.4. The fraction of sp³-hybridized carbons (Fsp3) is 0.235. The monoisotopic (exact) mass is 404 g/mol. The number of anilines is 1. The number of ether oxygens (including phenoxy) is 1. The number of hydrogen-bond donors (Lipinski definition) is 1. The molecule has 0 unspecified atom stereocenters. The van der Waals surface area contributed by atoms with Crippen molar-refractivity contribution in [3.8, 4) is 11.4 Å². The van der Waals surface area contributed by atoms with Crippen molar-refractivity contribution >= 4 is 27.5 Å². The molecule has 0 bridgehead atoms. The Morgan fingerprint density at radius 3 is 2.92 bits per heavy atom. The van der Waals surface area contributed by atoms with Crippen molar-refractivity contribution in [2.75, 3.05) is 18.5 Å². The van der Waals surface area contributed by atoms with Gasteiger partial charge in [0, 0.05) is 19.0 Å². The van der Waals surface area contributed by atoms with E-state index in [9.17, 15) is 4.79 Å². The summed E-state index contributed by atoms with van der Waals surface area (Å²) in [6, 6.07) is 8.80. The molecule has 25 heavy (non-hydrogen) atoms. The Balaban J connectivity index is 1.86. The van der Waals surface area contributed by atoms with Gasteiger partial charge in [0.25, 0.3) is 5.91 Å². The average Bonchev–Trinajstić information content (AvgIpc) is 3.22. The molecule has 0 aliphatic rings. The number of rotatable bonds is 7. The predicted molar refractivity (Wildman–Crippen MR) is 96.3 cm³/mol. The minimum absolute atomic E-state index is 0.209. The molecule has 0 atom stereocenters. The van der Waals surface area contributed by atoms with Crippen molar-refractivity contribution in [2.24, 2.45) is 0 Å². The number of hydrogen-bond acceptors (Lipinski definition) is 5. The van der Waals surface area contributed by atoms with E-state index in [1.165, 1.54) is 0 Å². The van der Waals surface area contributed by atoms with E-state index in [4.69, 9.17) is 9.15 Å². The van der Waals surface area contributed by atoms with Gasteiger partial charge in [-0.3, -0.25) is 14.5 Å². The SMILES string of the molecule is CCOCCn1cc(NC(=O)c2ccc(Br)o2)c(-c2ccccn2)n1. The summed E-state index contributed by atoms with van der Waals surface area (Å²) < 4.78 is 12.9. The Labute approximate surface area is 153 Å². The summed E-state index contributed by atoms with van der Waals surface area (Å²) in [6.45, 7) is 3.70. The van der Waals surface area contributed by atoms with Crippen molar-refractivity contribution in [3.63, 3.8) is 0 Å². The second-order valence-corrected chi connectivity index (χ2v) is 5.91. The molecule has 0 saturated carbocycles. The molecule has 1 amide bonds. The number of halogens is 1. The third-order valence-electron chi connectivity index (χ3n) is 3.38. The van der Waals surface area contributed by atoms with Crippen LogP contribution in [0.2, 0.25) is 0 Å². The van der Waals surface area contributed by atoms with Crippen LogP contribution in [0.15, 0.2) is 51.8 Å². The number of pyridine rings is 1. The van der Waals surface area contributed by atoms with Crippen molar-refractivity contribution in [1.29, 1.82) is 0 Å². The summed E-state index contributed by atoms with van der Waals surface area (Å²) in [5.74, 6) is -0.145. The number of nitrogens with one attached hydrogen (secondary N) is 1. The summed E-state index contributed by atoms with van der Waals surface area (Å²) in [4.78, 5) is 16.7. The number of aromatic nitrogens is 3. The molecule has 3 aromatic heterocycles. The Hall–Kier alpha value is -2.45. The van der Waals surface area contributed by atoms with Crippen LogP contribution in [-0.4, -0.2) is 33.9 Å². The Bertz CT molecular complexity index is 845. The lowest BCUT2D eigenvalue weighted by molar-refractivity contribution is 0.0995. The molecule has 130 valence electrons. The van der Waals surface area contributed by atoms with Gasteiger partial charge >= 0.3 is 0 Å². The van der Waals surface area contributed by atoms with E-state index in [0.717, 1.165) is 0 Å². The molecule has 0 aliphatic carbocycles. The molecule has 0 saturated heterocycles. The highest BCUT2D eigenvalue weighted by Gasteiger charge is 2.17. The average molecular weight is 405 g/mol. The molecule has 0 fully saturated rings. The summed E-state index contributed by atoms with van der Waals surface area (Å²) in [6.07, 6.45) is 3.45. The molecule has 8 heteroatoms. The molecule has 3 heterocycles. The van der Waals surface area contributed by atoms with E-state index in [1.54, 1.807) is 29.2 Å². The molecule has 0 spiro atoms. The van der Waals surface area contributed by atoms with Gasteiger partial charge in [-0.15, -0.1) is 0 Å². The Morgan fingerprint density at radius 1 is 1.36 bits per heavy atom. The second-order valence-electron chi connectivity index (χ2n) is 5.12. The van der Waals surface area contributed by atoms with Crippen LogP contribution in [0.1, 0.15) is 17.5 Å². The molecule has 3 aromatic rings. The standard InChI is InChI=1S/C17H17BrN4O3/c1-2-24-10-9-22-11-13(16(21-22)12-5-3-4-8-19-12)20-17(23)14-6-7-15(18)25-14/h3-8,11H,2,9-10H2,1H3,(H,20,23). The molecule has 7 nitrogen and oxygen atoms in total. The predicted octanol–water partition coefficient (Wildman–Crippen LogP) is 3.59. The first-order chi connectivity index (χ1) is 12.2. The van der Waals surface area contributed by atoms with Crippen molar-refractivity contribution < 1.29 is 13.9 Å². The van der Waals surface area contributed by atoms with Crippen LogP contribution in [0, 0.1) is 0 Å². The molecular weight excluding hydrogens is 388 g/mol. The van der Waals surface area contributed by atoms with E-state index in [-0.39, 0.29) is 11.7 Å². The summed E-state index contributed by atoms with van der Waals surface area (Å²) >= 11 is 3.19. The number of carbonyl (C=O) groups excluding carboxylic acids is 1. The zero-order chi connectivity index (χ0) is 17.6. The van der Waals surface area contributed by atoms with Gasteiger partial charge in [0.05, 0.1) is 24.5 Å². The maximum atomic E-state index is 12.4. The maximum Gasteiger partial charge on any atom is 0.291 e. The van der Waals surface area contributed by atoms with Crippen LogP contribution in [0.25, 0.3) is 11.4 Å². The normalized spacial score (nSPS) is 10.8. The first-order valence-electron chi connectivity index (χ1n) is 7.80. The van der Waals surface area contributed by atoms with E-state index >= 15 is 0 Å². The highest BCUT2D eigenvalue weighted by Crippen LogP contribution is 2.25. The molecule has 0 aromatic carbocycles. The van der Waals surface area contributed by atoms with Crippen molar-refractivity contribution in [3.05, 3.63) is 53.2 Å². The fourth-order valence-electron chi connectivity index (χ4n) is 2.24. The van der Waals surface area contributed by atoms with Crippen LogP contribution in [0.4, 0.5) is 5.69 Å². The molecule has 0 aliphatic heterocycles. The smallest absolute Gasteiger partial charge is 0.291 e. The van der Waals surface area contributed by atoms with Gasteiger partial charge in [0.1, 0.15) is 5.69 Å². The van der Waals surface area contributed by atoms with Gasteiger partial charge in [-0.05, 0) is 47.1 Å². The van der Waals surface area contributed by atoms with E-state index in [0.29, 0.717) is 41.5 Å². The van der Waals surface area contributed by atoms with Crippen LogP contribution >= 0.6 is 15.9 Å². The summed E-state index contributed by atoms with van der Waals surface area (Å²) in [5, 5.41) is 7.36. The number of amides is 1. The maximum absolute atomic E-state index is 12.4. The van der Waals surface area contributed by atoms with E-state index in [1.807, 2.05) is 25.1 Å². The largest absolute Gasteiger partial charge is 0.444 e. The summed E-state index contributed by atoms with van der Waals surface area (Å²) in [7, 11) is 0. The highest BCUT2D eigenvalue weighted by atomic mass is 79.9. The lowest BCUT2D eigenvalue weighted by Crippen LogP contribution is -2.11. The second kappa shape index (κ2) is 8.09.